The fraction of sp³-hybridized carbons (Fsp3) is 0.462. The Morgan fingerprint density at radius 2 is 2.19 bits per heavy atom. The van der Waals surface area contributed by atoms with Gasteiger partial charge in [0, 0.05) is 13.0 Å². The highest BCUT2D eigenvalue weighted by atomic mass is 19.1. The van der Waals surface area contributed by atoms with Crippen LogP contribution < -0.4 is 5.32 Å². The first-order valence-electron chi connectivity index (χ1n) is 5.56. The van der Waals surface area contributed by atoms with Crippen LogP contribution in [-0.2, 0) is 6.54 Å². The minimum atomic E-state index is -0.149. The summed E-state index contributed by atoms with van der Waals surface area (Å²) >= 11 is 0. The molecule has 0 bridgehead atoms. The molecule has 0 amide bonds. The Balaban J connectivity index is 2.22. The van der Waals surface area contributed by atoms with Gasteiger partial charge in [0.2, 0.25) is 0 Å². The zero-order valence-corrected chi connectivity index (χ0v) is 9.59. The molecule has 3 heteroatoms. The van der Waals surface area contributed by atoms with E-state index < -0.39 is 0 Å². The quantitative estimate of drug-likeness (QED) is 0.748. The van der Waals surface area contributed by atoms with Crippen molar-refractivity contribution in [1.82, 2.24) is 5.32 Å². The largest absolute Gasteiger partial charge is 0.313 e. The molecule has 0 fully saturated rings. The molecule has 0 saturated carbocycles. The molecule has 0 aliphatic carbocycles. The SMILES string of the molecule is Cc1ccc(CNCCCCC#N)cc1F. The lowest BCUT2D eigenvalue weighted by atomic mass is 10.1. The summed E-state index contributed by atoms with van der Waals surface area (Å²) in [5.41, 5.74) is 1.64. The second-order valence-electron chi connectivity index (χ2n) is 3.88. The Morgan fingerprint density at radius 3 is 2.88 bits per heavy atom. The number of rotatable bonds is 6. The fourth-order valence-corrected chi connectivity index (χ4v) is 1.43. The van der Waals surface area contributed by atoms with Gasteiger partial charge < -0.3 is 5.32 Å². The van der Waals surface area contributed by atoms with E-state index >= 15 is 0 Å². The third-order valence-corrected chi connectivity index (χ3v) is 2.46. The van der Waals surface area contributed by atoms with Crippen LogP contribution in [0.4, 0.5) is 4.39 Å². The molecule has 1 N–H and O–H groups in total. The zero-order valence-electron chi connectivity index (χ0n) is 9.59. The van der Waals surface area contributed by atoms with Crippen LogP contribution in [0.15, 0.2) is 18.2 Å². The maximum atomic E-state index is 13.2. The molecule has 0 heterocycles. The number of benzene rings is 1. The molecule has 16 heavy (non-hydrogen) atoms. The van der Waals surface area contributed by atoms with Gasteiger partial charge in [-0.25, -0.2) is 4.39 Å². The van der Waals surface area contributed by atoms with Crippen molar-refractivity contribution in [1.29, 1.82) is 5.26 Å². The Kier molecular flexibility index (Phi) is 5.52. The summed E-state index contributed by atoms with van der Waals surface area (Å²) < 4.78 is 13.2. The first-order chi connectivity index (χ1) is 7.74. The highest BCUT2D eigenvalue weighted by Crippen LogP contribution is 2.08. The number of aryl methyl sites for hydroxylation is 1. The normalized spacial score (nSPS) is 10.1. The van der Waals surface area contributed by atoms with E-state index in [2.05, 4.69) is 11.4 Å². The molecule has 0 unspecified atom stereocenters. The number of unbranched alkanes of at least 4 members (excludes halogenated alkanes) is 2. The van der Waals surface area contributed by atoms with E-state index in [0.29, 0.717) is 18.5 Å². The molecule has 86 valence electrons. The lowest BCUT2D eigenvalue weighted by Crippen LogP contribution is -2.14. The van der Waals surface area contributed by atoms with Crippen molar-refractivity contribution in [3.8, 4) is 6.07 Å². The Labute approximate surface area is 96.1 Å². The number of nitriles is 1. The maximum Gasteiger partial charge on any atom is 0.126 e. The molecule has 0 aliphatic rings. The van der Waals surface area contributed by atoms with Crippen LogP contribution in [0.25, 0.3) is 0 Å². The zero-order chi connectivity index (χ0) is 11.8. The molecule has 0 spiro atoms. The van der Waals surface area contributed by atoms with E-state index in [4.69, 9.17) is 5.26 Å². The second-order valence-corrected chi connectivity index (χ2v) is 3.88. The number of hydrogen-bond acceptors (Lipinski definition) is 2. The lowest BCUT2D eigenvalue weighted by molar-refractivity contribution is 0.604. The smallest absolute Gasteiger partial charge is 0.126 e. The van der Waals surface area contributed by atoms with Crippen molar-refractivity contribution < 1.29 is 4.39 Å². The molecule has 0 aromatic heterocycles. The minimum Gasteiger partial charge on any atom is -0.313 e. The van der Waals surface area contributed by atoms with Gasteiger partial charge >= 0.3 is 0 Å². The van der Waals surface area contributed by atoms with Crippen LogP contribution in [0.3, 0.4) is 0 Å². The molecule has 2 nitrogen and oxygen atoms in total. The van der Waals surface area contributed by atoms with E-state index in [9.17, 15) is 4.39 Å². The van der Waals surface area contributed by atoms with Crippen molar-refractivity contribution >= 4 is 0 Å². The molecule has 1 aromatic rings. The summed E-state index contributed by atoms with van der Waals surface area (Å²) in [4.78, 5) is 0. The van der Waals surface area contributed by atoms with Crippen molar-refractivity contribution in [3.63, 3.8) is 0 Å². The molecular weight excluding hydrogens is 203 g/mol. The molecular formula is C13H17FN2. The summed E-state index contributed by atoms with van der Waals surface area (Å²) in [7, 11) is 0. The van der Waals surface area contributed by atoms with Gasteiger partial charge in [0.1, 0.15) is 5.82 Å². The number of nitrogens with one attached hydrogen (secondary N) is 1. The van der Waals surface area contributed by atoms with Gasteiger partial charge in [-0.1, -0.05) is 12.1 Å². The Morgan fingerprint density at radius 1 is 1.38 bits per heavy atom. The molecule has 1 rings (SSSR count). The van der Waals surface area contributed by atoms with Gasteiger partial charge in [-0.05, 0) is 43.5 Å². The van der Waals surface area contributed by atoms with Gasteiger partial charge in [0.25, 0.3) is 0 Å². The average molecular weight is 220 g/mol. The van der Waals surface area contributed by atoms with Gasteiger partial charge in [-0.3, -0.25) is 0 Å². The third kappa shape index (κ3) is 4.41. The van der Waals surface area contributed by atoms with Crippen molar-refractivity contribution in [2.24, 2.45) is 0 Å². The number of halogens is 1. The highest BCUT2D eigenvalue weighted by Gasteiger charge is 1.98. The Hall–Kier alpha value is -1.40. The van der Waals surface area contributed by atoms with Crippen LogP contribution >= 0.6 is 0 Å². The van der Waals surface area contributed by atoms with Crippen LogP contribution in [0.5, 0.6) is 0 Å². The van der Waals surface area contributed by atoms with Crippen molar-refractivity contribution in [2.75, 3.05) is 6.54 Å². The number of hydrogen-bond donors (Lipinski definition) is 1. The van der Waals surface area contributed by atoms with Crippen molar-refractivity contribution in [3.05, 3.63) is 35.1 Å². The molecule has 0 aliphatic heterocycles. The standard InChI is InChI=1S/C13H17FN2/c1-11-5-6-12(9-13(11)14)10-16-8-4-2-3-7-15/h5-6,9,16H,2-4,8,10H2,1H3. The van der Waals surface area contributed by atoms with E-state index in [-0.39, 0.29) is 5.82 Å². The third-order valence-electron chi connectivity index (χ3n) is 2.46. The van der Waals surface area contributed by atoms with Gasteiger partial charge in [0.15, 0.2) is 0 Å². The molecule has 0 radical (unpaired) electrons. The van der Waals surface area contributed by atoms with Crippen molar-refractivity contribution in [2.45, 2.75) is 32.7 Å². The molecule has 0 saturated heterocycles. The first kappa shape index (κ1) is 12.7. The van der Waals surface area contributed by atoms with Crippen LogP contribution in [0.2, 0.25) is 0 Å². The summed E-state index contributed by atoms with van der Waals surface area (Å²) in [6.07, 6.45) is 2.52. The highest BCUT2D eigenvalue weighted by molar-refractivity contribution is 5.23. The molecule has 1 aromatic carbocycles. The molecule has 0 atom stereocenters. The fourth-order valence-electron chi connectivity index (χ4n) is 1.43. The minimum absolute atomic E-state index is 0.149. The van der Waals surface area contributed by atoms with Crippen LogP contribution in [0.1, 0.15) is 30.4 Å². The first-order valence-corrected chi connectivity index (χ1v) is 5.56. The van der Waals surface area contributed by atoms with E-state index in [1.807, 2.05) is 6.07 Å². The average Bonchev–Trinajstić information content (AvgIpc) is 2.28. The summed E-state index contributed by atoms with van der Waals surface area (Å²) in [6, 6.07) is 7.40. The van der Waals surface area contributed by atoms with Crippen LogP contribution in [0, 0.1) is 24.1 Å². The van der Waals surface area contributed by atoms with Gasteiger partial charge in [-0.15, -0.1) is 0 Å². The van der Waals surface area contributed by atoms with Gasteiger partial charge in [0.05, 0.1) is 6.07 Å². The monoisotopic (exact) mass is 220 g/mol. The van der Waals surface area contributed by atoms with E-state index in [1.165, 1.54) is 0 Å². The topological polar surface area (TPSA) is 35.8 Å². The Bertz CT molecular complexity index is 369. The van der Waals surface area contributed by atoms with Gasteiger partial charge in [-0.2, -0.15) is 5.26 Å². The van der Waals surface area contributed by atoms with E-state index in [0.717, 1.165) is 24.9 Å². The van der Waals surface area contributed by atoms with E-state index in [1.54, 1.807) is 19.1 Å². The second kappa shape index (κ2) is 6.97. The number of nitrogens with zero attached hydrogens (tertiary/aromatic N) is 1. The summed E-state index contributed by atoms with van der Waals surface area (Å²) in [5.74, 6) is -0.149. The summed E-state index contributed by atoms with van der Waals surface area (Å²) in [5, 5.41) is 11.6. The lowest BCUT2D eigenvalue weighted by Gasteiger charge is -2.05. The van der Waals surface area contributed by atoms with Crippen LogP contribution in [-0.4, -0.2) is 6.54 Å². The maximum absolute atomic E-state index is 13.2. The predicted octanol–water partition coefficient (Wildman–Crippen LogP) is 2.92. The predicted molar refractivity (Wildman–Crippen MR) is 62.3 cm³/mol. The summed E-state index contributed by atoms with van der Waals surface area (Å²) in [6.45, 7) is 3.31.